The summed E-state index contributed by atoms with van der Waals surface area (Å²) in [5, 5.41) is 3.42. The van der Waals surface area contributed by atoms with Crippen LogP contribution in [0.2, 0.25) is 0 Å². The third-order valence-corrected chi connectivity index (χ3v) is 3.65. The second kappa shape index (κ2) is 4.65. The quantitative estimate of drug-likeness (QED) is 0.848. The van der Waals surface area contributed by atoms with Gasteiger partial charge < -0.3 is 10.1 Å². The molecule has 0 aliphatic carbocycles. The van der Waals surface area contributed by atoms with Crippen molar-refractivity contribution in [2.24, 2.45) is 0 Å². The fourth-order valence-electron chi connectivity index (χ4n) is 2.13. The highest BCUT2D eigenvalue weighted by molar-refractivity contribution is 9.10. The summed E-state index contributed by atoms with van der Waals surface area (Å²) in [4.78, 5) is 0. The zero-order valence-electron chi connectivity index (χ0n) is 10.1. The fourth-order valence-corrected chi connectivity index (χ4v) is 2.40. The molecule has 92 valence electrons. The number of fused-ring (bicyclic) bond motifs is 1. The first-order valence-corrected chi connectivity index (χ1v) is 6.78. The number of rotatable bonds is 1. The molecule has 1 unspecified atom stereocenters. The van der Waals surface area contributed by atoms with Crippen LogP contribution in [-0.4, -0.2) is 6.54 Å². The molecule has 3 heteroatoms. The van der Waals surface area contributed by atoms with Gasteiger partial charge in [-0.05, 0) is 42.3 Å². The molecule has 3 rings (SSSR count). The largest absolute Gasteiger partial charge is 0.482 e. The van der Waals surface area contributed by atoms with Crippen LogP contribution in [-0.2, 0) is 0 Å². The van der Waals surface area contributed by atoms with E-state index in [2.05, 4.69) is 58.5 Å². The number of benzene rings is 2. The highest BCUT2D eigenvalue weighted by Crippen LogP contribution is 2.34. The smallest absolute Gasteiger partial charge is 0.143 e. The highest BCUT2D eigenvalue weighted by Gasteiger charge is 2.20. The fraction of sp³-hybridized carbons (Fsp3) is 0.200. The van der Waals surface area contributed by atoms with Gasteiger partial charge in [0.1, 0.15) is 11.9 Å². The molecule has 0 fully saturated rings. The highest BCUT2D eigenvalue weighted by atomic mass is 79.9. The Kier molecular flexibility index (Phi) is 3.00. The lowest BCUT2D eigenvalue weighted by Gasteiger charge is -2.28. The Bertz CT molecular complexity index is 565. The maximum absolute atomic E-state index is 6.06. The predicted octanol–water partition coefficient (Wildman–Crippen LogP) is 4.30. The molecule has 0 amide bonds. The summed E-state index contributed by atoms with van der Waals surface area (Å²) in [6, 6.07) is 14.5. The lowest BCUT2D eigenvalue weighted by Crippen LogP contribution is -2.23. The van der Waals surface area contributed by atoms with Gasteiger partial charge in [-0.1, -0.05) is 34.1 Å². The van der Waals surface area contributed by atoms with E-state index >= 15 is 0 Å². The topological polar surface area (TPSA) is 21.3 Å². The van der Waals surface area contributed by atoms with Gasteiger partial charge in [0.05, 0.1) is 12.2 Å². The minimum atomic E-state index is 0.0763. The number of ether oxygens (including phenoxy) is 1. The monoisotopic (exact) mass is 303 g/mol. The van der Waals surface area contributed by atoms with E-state index in [4.69, 9.17) is 4.74 Å². The van der Waals surface area contributed by atoms with Crippen LogP contribution in [0.15, 0.2) is 46.9 Å². The summed E-state index contributed by atoms with van der Waals surface area (Å²) in [6.07, 6.45) is 0.0763. The third kappa shape index (κ3) is 2.23. The molecule has 0 aromatic heterocycles. The number of anilines is 1. The molecule has 2 aromatic carbocycles. The number of halogens is 1. The average molecular weight is 304 g/mol. The summed E-state index contributed by atoms with van der Waals surface area (Å²) in [5.41, 5.74) is 3.49. The molecule has 1 N–H and O–H groups in total. The Morgan fingerprint density at radius 1 is 1.17 bits per heavy atom. The molecule has 1 aliphatic heterocycles. The SMILES string of the molecule is Cc1ccc2c(c1)OC(c1ccc(Br)cc1)CN2. The van der Waals surface area contributed by atoms with E-state index < -0.39 is 0 Å². The molecule has 1 atom stereocenters. The van der Waals surface area contributed by atoms with Gasteiger partial charge in [0, 0.05) is 4.47 Å². The van der Waals surface area contributed by atoms with Crippen LogP contribution in [0, 0.1) is 6.92 Å². The van der Waals surface area contributed by atoms with Gasteiger partial charge in [0.2, 0.25) is 0 Å². The second-order valence-corrected chi connectivity index (χ2v) is 5.45. The van der Waals surface area contributed by atoms with Crippen LogP contribution in [0.25, 0.3) is 0 Å². The Morgan fingerprint density at radius 2 is 1.94 bits per heavy atom. The molecular weight excluding hydrogens is 290 g/mol. The first kappa shape index (κ1) is 11.6. The van der Waals surface area contributed by atoms with E-state index in [0.717, 1.165) is 22.5 Å². The lowest BCUT2D eigenvalue weighted by molar-refractivity contribution is 0.210. The van der Waals surface area contributed by atoms with Crippen molar-refractivity contribution in [1.82, 2.24) is 0 Å². The van der Waals surface area contributed by atoms with Gasteiger partial charge in [0.15, 0.2) is 0 Å². The average Bonchev–Trinajstić information content (AvgIpc) is 2.38. The molecule has 2 nitrogen and oxygen atoms in total. The zero-order chi connectivity index (χ0) is 12.5. The van der Waals surface area contributed by atoms with Crippen molar-refractivity contribution in [1.29, 1.82) is 0 Å². The summed E-state index contributed by atoms with van der Waals surface area (Å²) in [6.45, 7) is 2.88. The van der Waals surface area contributed by atoms with Gasteiger partial charge >= 0.3 is 0 Å². The molecule has 1 aliphatic rings. The van der Waals surface area contributed by atoms with Gasteiger partial charge in [-0.15, -0.1) is 0 Å². The third-order valence-electron chi connectivity index (χ3n) is 3.13. The molecule has 18 heavy (non-hydrogen) atoms. The molecule has 0 spiro atoms. The number of hydrogen-bond acceptors (Lipinski definition) is 2. The van der Waals surface area contributed by atoms with Crippen molar-refractivity contribution in [3.63, 3.8) is 0 Å². The van der Waals surface area contributed by atoms with E-state index in [-0.39, 0.29) is 6.10 Å². The van der Waals surface area contributed by atoms with Crippen LogP contribution in [0.4, 0.5) is 5.69 Å². The van der Waals surface area contributed by atoms with Gasteiger partial charge in [-0.2, -0.15) is 0 Å². The van der Waals surface area contributed by atoms with Crippen molar-refractivity contribution in [2.75, 3.05) is 11.9 Å². The summed E-state index contributed by atoms with van der Waals surface area (Å²) < 4.78 is 7.15. The van der Waals surface area contributed by atoms with Gasteiger partial charge in [0.25, 0.3) is 0 Å². The van der Waals surface area contributed by atoms with E-state index in [1.165, 1.54) is 11.1 Å². The number of hydrogen-bond donors (Lipinski definition) is 1. The number of aryl methyl sites for hydroxylation is 1. The summed E-state index contributed by atoms with van der Waals surface area (Å²) in [7, 11) is 0. The van der Waals surface area contributed by atoms with Crippen LogP contribution in [0.5, 0.6) is 5.75 Å². The summed E-state index contributed by atoms with van der Waals surface area (Å²) in [5.74, 6) is 0.939. The molecule has 0 saturated carbocycles. The zero-order valence-corrected chi connectivity index (χ0v) is 11.7. The minimum absolute atomic E-state index is 0.0763. The van der Waals surface area contributed by atoms with Crippen molar-refractivity contribution >= 4 is 21.6 Å². The van der Waals surface area contributed by atoms with Crippen LogP contribution < -0.4 is 10.1 Å². The van der Waals surface area contributed by atoms with Crippen molar-refractivity contribution in [3.8, 4) is 5.75 Å². The van der Waals surface area contributed by atoms with E-state index in [1.807, 2.05) is 12.1 Å². The first-order valence-electron chi connectivity index (χ1n) is 5.99. The van der Waals surface area contributed by atoms with Crippen LogP contribution >= 0.6 is 15.9 Å². The Balaban J connectivity index is 1.88. The standard InChI is InChI=1S/C15H14BrNO/c1-10-2-7-13-14(8-10)18-15(9-17-13)11-3-5-12(16)6-4-11/h2-8,15,17H,9H2,1H3. The van der Waals surface area contributed by atoms with Crippen molar-refractivity contribution < 1.29 is 4.74 Å². The second-order valence-electron chi connectivity index (χ2n) is 4.54. The predicted molar refractivity (Wildman–Crippen MR) is 77.2 cm³/mol. The maximum atomic E-state index is 6.06. The van der Waals surface area contributed by atoms with Crippen LogP contribution in [0.3, 0.4) is 0 Å². The Morgan fingerprint density at radius 3 is 2.72 bits per heavy atom. The summed E-state index contributed by atoms with van der Waals surface area (Å²) >= 11 is 3.45. The van der Waals surface area contributed by atoms with Crippen LogP contribution in [0.1, 0.15) is 17.2 Å². The number of nitrogens with one attached hydrogen (secondary N) is 1. The Hall–Kier alpha value is -1.48. The first-order chi connectivity index (χ1) is 8.72. The van der Waals surface area contributed by atoms with Crippen molar-refractivity contribution in [2.45, 2.75) is 13.0 Å². The Labute approximate surface area is 115 Å². The molecule has 0 saturated heterocycles. The van der Waals surface area contributed by atoms with Gasteiger partial charge in [-0.3, -0.25) is 0 Å². The molecule has 0 radical (unpaired) electrons. The van der Waals surface area contributed by atoms with E-state index in [1.54, 1.807) is 0 Å². The van der Waals surface area contributed by atoms with Crippen molar-refractivity contribution in [3.05, 3.63) is 58.1 Å². The lowest BCUT2D eigenvalue weighted by atomic mass is 10.1. The molecule has 0 bridgehead atoms. The molecule has 1 heterocycles. The minimum Gasteiger partial charge on any atom is -0.482 e. The van der Waals surface area contributed by atoms with E-state index in [9.17, 15) is 0 Å². The molecular formula is C15H14BrNO. The van der Waals surface area contributed by atoms with Gasteiger partial charge in [-0.25, -0.2) is 0 Å². The molecule has 2 aromatic rings. The normalized spacial score (nSPS) is 17.6. The van der Waals surface area contributed by atoms with E-state index in [0.29, 0.717) is 0 Å². The maximum Gasteiger partial charge on any atom is 0.143 e.